The lowest BCUT2D eigenvalue weighted by atomic mass is 10.1. The van der Waals surface area contributed by atoms with Crippen molar-refractivity contribution < 1.29 is 41.3 Å². The summed E-state index contributed by atoms with van der Waals surface area (Å²) in [6, 6.07) is 52.2. The van der Waals surface area contributed by atoms with Crippen LogP contribution in [0.25, 0.3) is 118 Å². The summed E-state index contributed by atoms with van der Waals surface area (Å²) in [6.45, 7) is 9.61. The first kappa shape index (κ1) is 79.9. The summed E-state index contributed by atoms with van der Waals surface area (Å²) < 4.78 is 84.3. The lowest BCUT2D eigenvalue weighted by Crippen LogP contribution is -2.38. The zero-order chi connectivity index (χ0) is 83.0. The highest BCUT2D eigenvalue weighted by Gasteiger charge is 2.24. The van der Waals surface area contributed by atoms with Crippen molar-refractivity contribution in [1.29, 1.82) is 0 Å². The van der Waals surface area contributed by atoms with Crippen molar-refractivity contribution in [3.05, 3.63) is 250 Å². The fraction of sp³-hybridized carbons (Fsp3) is 0.148. The van der Waals surface area contributed by atoms with Gasteiger partial charge in [0.15, 0.2) is 17.5 Å². The fourth-order valence-corrected chi connectivity index (χ4v) is 18.4. The van der Waals surface area contributed by atoms with Crippen molar-refractivity contribution >= 4 is 193 Å². The smallest absolute Gasteiger partial charge is 0.253 e. The molecule has 0 atom stereocenters. The highest BCUT2D eigenvalue weighted by molar-refractivity contribution is 7.19. The van der Waals surface area contributed by atoms with Gasteiger partial charge in [-0.3, -0.25) is 29.9 Å². The average Bonchev–Trinajstić information content (AvgIpc) is 1.58. The quantitative estimate of drug-likeness (QED) is 0.0329. The van der Waals surface area contributed by atoms with E-state index in [-0.39, 0.29) is 23.1 Å². The Labute approximate surface area is 713 Å². The van der Waals surface area contributed by atoms with Gasteiger partial charge in [-0.1, -0.05) is 78.3 Å². The minimum absolute atomic E-state index is 0.148. The molecule has 0 aliphatic carbocycles. The number of rotatable bonds is 20. The SMILES string of the molecule is CNC(=O)c1cccc2c1nc(Nc1cccc(OCCN3CCOCC3)c1)c1ccsc12.Fc1ccc(OCCN2CCOCC2)cc1Nc1nc2c(-c3ncn[nH]3)cccc2c2sccc12.Fc1cccc(Cl)c1Nc1nc2c(-c3ncn[nH]3)cccc2c2sccc12.Fc1cccc(F)c1Nc1nc2c(-c3ncn[nH]3)cccc2c2sccc12. The Hall–Kier alpha value is -13.2. The molecule has 0 radical (unpaired) electrons. The number of pyridine rings is 4. The second-order valence-electron chi connectivity index (χ2n) is 27.9. The first-order valence-corrected chi connectivity index (χ1v) is 42.5. The molecule has 0 bridgehead atoms. The summed E-state index contributed by atoms with van der Waals surface area (Å²) in [5.41, 5.74) is 7.02. The number of hydrogen-bond donors (Lipinski definition) is 8. The number of thiophene rings is 4. The number of para-hydroxylation sites is 6. The molecule has 2 fully saturated rings. The van der Waals surface area contributed by atoms with Crippen LogP contribution in [0.2, 0.25) is 5.02 Å². The lowest BCUT2D eigenvalue weighted by molar-refractivity contribution is 0.0322. The number of fused-ring (bicyclic) bond motifs is 12. The lowest BCUT2D eigenvalue weighted by Gasteiger charge is -2.26. The Bertz CT molecular complexity index is 6730. The van der Waals surface area contributed by atoms with Crippen LogP contribution in [0.15, 0.2) is 216 Å². The van der Waals surface area contributed by atoms with Gasteiger partial charge < -0.3 is 45.5 Å². The number of carbonyl (C=O) groups excluding carboxylic acids is 1. The molecule has 19 aromatic rings. The Kier molecular flexibility index (Phi) is 23.8. The van der Waals surface area contributed by atoms with E-state index >= 15 is 0 Å². The predicted molar refractivity (Wildman–Crippen MR) is 477 cm³/mol. The number of halogens is 5. The minimum atomic E-state index is -0.677. The zero-order valence-corrected chi connectivity index (χ0v) is 68.7. The minimum Gasteiger partial charge on any atom is -0.492 e. The first-order valence-electron chi connectivity index (χ1n) is 38.6. The number of aromatic nitrogens is 13. The standard InChI is InChI=1S/C25H23FN6O2S.C25H26N4O3S.C19H11ClFN5S.C19H11F2N5S/c26-20-5-4-16(34-12-9-32-7-10-33-11-8-32)14-21(20)29-25-19-6-13-35-23(19)17-2-1-3-18(22(17)30-25)24-27-15-28-31-24;1-26-25(30)20-7-3-6-19-22(20)28-24(21-8-15-33-23(19)21)27-17-4-2-5-18(16-17)32-14-11-29-9-12-31-13-10-29;2*20-13-5-2-6-14(21)16(13)25-19-12-7-8-27-17(12)10-3-1-4-11(15(10)24-19)18-22-9-23-26-18/h1-6,13-15H,7-12H2,(H,29,30)(H,27,28,31);2-8,15-16H,9-14H2,1H3,(H,26,30)(H,27,28);2*1-9H,(H,24,25)(H,22,23,26). The Morgan fingerprint density at radius 3 is 1.30 bits per heavy atom. The number of ether oxygens (including phenoxy) is 4. The molecular weight excluding hydrogens is 1660 g/mol. The molecule has 11 aromatic heterocycles. The second kappa shape index (κ2) is 36.4. The molecule has 13 heterocycles. The number of morpholine rings is 2. The van der Waals surface area contributed by atoms with E-state index in [0.717, 1.165) is 173 Å². The normalized spacial score (nSPS) is 13.1. The monoisotopic (exact) mass is 1730 g/mol. The highest BCUT2D eigenvalue weighted by Crippen LogP contribution is 2.44. The molecule has 122 heavy (non-hydrogen) atoms. The number of amides is 1. The number of nitrogens with zero attached hydrogens (tertiary/aromatic N) is 12. The van der Waals surface area contributed by atoms with E-state index in [4.69, 9.17) is 45.5 Å². The van der Waals surface area contributed by atoms with Crippen LogP contribution in [0.4, 0.5) is 63.6 Å². The van der Waals surface area contributed by atoms with Gasteiger partial charge in [0, 0.05) is 143 Å². The number of anilines is 8. The molecule has 34 heteroatoms. The van der Waals surface area contributed by atoms with E-state index in [9.17, 15) is 22.4 Å². The van der Waals surface area contributed by atoms with Crippen LogP contribution in [0.5, 0.6) is 11.5 Å². The molecule has 8 aromatic carbocycles. The van der Waals surface area contributed by atoms with Crippen LogP contribution in [0.1, 0.15) is 10.4 Å². The number of carbonyl (C=O) groups is 1. The number of H-pyrrole nitrogens is 3. The molecule has 21 rings (SSSR count). The number of hydrogen-bond acceptors (Lipinski definition) is 25. The largest absolute Gasteiger partial charge is 0.492 e. The average molecular weight is 1730 g/mol. The van der Waals surface area contributed by atoms with E-state index < -0.39 is 17.5 Å². The van der Waals surface area contributed by atoms with Crippen LogP contribution < -0.4 is 36.1 Å². The maximum Gasteiger partial charge on any atom is 0.253 e. The Morgan fingerprint density at radius 1 is 0.434 bits per heavy atom. The van der Waals surface area contributed by atoms with Gasteiger partial charge in [-0.2, -0.15) is 15.3 Å². The topological polar surface area (TPSA) is 297 Å². The Morgan fingerprint density at radius 2 is 0.836 bits per heavy atom. The van der Waals surface area contributed by atoms with Gasteiger partial charge >= 0.3 is 0 Å². The summed E-state index contributed by atoms with van der Waals surface area (Å²) in [7, 11) is 1.63. The van der Waals surface area contributed by atoms with Crippen molar-refractivity contribution in [3.63, 3.8) is 0 Å². The van der Waals surface area contributed by atoms with Crippen LogP contribution in [0.3, 0.4) is 0 Å². The summed E-state index contributed by atoms with van der Waals surface area (Å²) >= 11 is 12.6. The van der Waals surface area contributed by atoms with E-state index in [1.165, 1.54) is 49.3 Å². The van der Waals surface area contributed by atoms with Gasteiger partial charge in [0.2, 0.25) is 0 Å². The Balaban J connectivity index is 0.000000112. The van der Waals surface area contributed by atoms with Crippen LogP contribution in [-0.2, 0) is 9.47 Å². The van der Waals surface area contributed by atoms with Crippen molar-refractivity contribution in [3.8, 4) is 45.7 Å². The molecule has 2 aliphatic rings. The van der Waals surface area contributed by atoms with E-state index in [2.05, 4.69) is 98.4 Å². The molecule has 25 nitrogen and oxygen atoms in total. The summed E-state index contributed by atoms with van der Waals surface area (Å²) in [6.07, 6.45) is 4.35. The van der Waals surface area contributed by atoms with Crippen molar-refractivity contribution in [1.82, 2.24) is 80.6 Å². The van der Waals surface area contributed by atoms with Crippen molar-refractivity contribution in [2.75, 3.05) is 107 Å². The van der Waals surface area contributed by atoms with Gasteiger partial charge in [-0.05, 0) is 119 Å². The van der Waals surface area contributed by atoms with E-state index in [0.29, 0.717) is 81.2 Å². The number of nitrogens with one attached hydrogen (secondary N) is 8. The van der Waals surface area contributed by atoms with Gasteiger partial charge in [-0.15, -0.1) is 45.3 Å². The molecular formula is C88H71ClF4N20O5S4. The van der Waals surface area contributed by atoms with Crippen LogP contribution in [-0.4, -0.2) is 167 Å². The fourth-order valence-electron chi connectivity index (χ4n) is 14.5. The summed E-state index contributed by atoms with van der Waals surface area (Å²) in [5.74, 6) is 3.15. The molecule has 2 saturated heterocycles. The zero-order valence-electron chi connectivity index (χ0n) is 64.7. The summed E-state index contributed by atoms with van der Waals surface area (Å²) in [5, 5.41) is 51.6. The molecule has 0 saturated carbocycles. The van der Waals surface area contributed by atoms with Gasteiger partial charge in [-0.25, -0.2) is 52.4 Å². The molecule has 1 amide bonds. The maximum absolute atomic E-state index is 14.8. The van der Waals surface area contributed by atoms with Crippen molar-refractivity contribution in [2.45, 2.75) is 0 Å². The third kappa shape index (κ3) is 17.0. The predicted octanol–water partition coefficient (Wildman–Crippen LogP) is 20.1. The van der Waals surface area contributed by atoms with Crippen molar-refractivity contribution in [2.24, 2.45) is 0 Å². The summed E-state index contributed by atoms with van der Waals surface area (Å²) in [4.78, 5) is 49.1. The maximum atomic E-state index is 14.8. The van der Waals surface area contributed by atoms with Gasteiger partial charge in [0.05, 0.1) is 70.5 Å². The molecule has 612 valence electrons. The van der Waals surface area contributed by atoms with E-state index in [1.807, 2.05) is 125 Å². The van der Waals surface area contributed by atoms with Crippen LogP contribution >= 0.6 is 56.9 Å². The first-order chi connectivity index (χ1) is 59.9. The molecule has 8 N–H and O–H groups in total. The van der Waals surface area contributed by atoms with Crippen LogP contribution in [0, 0.1) is 23.3 Å². The third-order valence-corrected chi connectivity index (χ3v) is 24.5. The van der Waals surface area contributed by atoms with E-state index in [1.54, 1.807) is 82.7 Å². The third-order valence-electron chi connectivity index (χ3n) is 20.4. The van der Waals surface area contributed by atoms with Gasteiger partial charge in [0.25, 0.3) is 5.91 Å². The number of aromatic amines is 3. The van der Waals surface area contributed by atoms with Gasteiger partial charge in [0.1, 0.15) is 95.9 Å². The molecule has 0 unspecified atom stereocenters. The molecule has 0 spiro atoms. The number of benzene rings is 8. The second-order valence-corrected chi connectivity index (χ2v) is 31.9. The highest BCUT2D eigenvalue weighted by atomic mass is 35.5. The molecule has 2 aliphatic heterocycles.